The maximum atomic E-state index is 12.2. The third kappa shape index (κ3) is 3.97. The average Bonchev–Trinajstić information content (AvgIpc) is 2.31. The molecule has 1 unspecified atom stereocenters. The highest BCUT2D eigenvalue weighted by atomic mass is 79.9. The van der Waals surface area contributed by atoms with Crippen molar-refractivity contribution in [1.29, 1.82) is 0 Å². The van der Waals surface area contributed by atoms with Gasteiger partial charge in [0.25, 0.3) is 0 Å². The van der Waals surface area contributed by atoms with Gasteiger partial charge in [0.15, 0.2) is 0 Å². The summed E-state index contributed by atoms with van der Waals surface area (Å²) in [5.74, 6) is 1.53. The summed E-state index contributed by atoms with van der Waals surface area (Å²) in [4.78, 5) is 12.2. The first kappa shape index (κ1) is 15.0. The standard InChI is InChI=1S/C14H26BrNO/c1-10(2)12(4)13(17)16-14(9-15)7-5-11(3)6-8-14/h10-12H,5-9H2,1-4H3,(H,16,17). The Kier molecular flexibility index (Phi) is 5.49. The van der Waals surface area contributed by atoms with Gasteiger partial charge in [-0.25, -0.2) is 0 Å². The first-order valence-corrected chi connectivity index (χ1v) is 7.90. The van der Waals surface area contributed by atoms with Crippen LogP contribution in [0.15, 0.2) is 0 Å². The smallest absolute Gasteiger partial charge is 0.223 e. The van der Waals surface area contributed by atoms with E-state index in [1.807, 2.05) is 6.92 Å². The number of carbonyl (C=O) groups excluding carboxylic acids is 1. The maximum Gasteiger partial charge on any atom is 0.223 e. The fraction of sp³-hybridized carbons (Fsp3) is 0.929. The van der Waals surface area contributed by atoms with Crippen LogP contribution >= 0.6 is 15.9 Å². The van der Waals surface area contributed by atoms with Gasteiger partial charge in [-0.3, -0.25) is 4.79 Å². The van der Waals surface area contributed by atoms with Gasteiger partial charge in [0.1, 0.15) is 0 Å². The van der Waals surface area contributed by atoms with Crippen LogP contribution < -0.4 is 5.32 Å². The van der Waals surface area contributed by atoms with Crippen LogP contribution in [-0.4, -0.2) is 16.8 Å². The van der Waals surface area contributed by atoms with Crippen molar-refractivity contribution in [3.05, 3.63) is 0 Å². The van der Waals surface area contributed by atoms with Gasteiger partial charge in [-0.05, 0) is 37.5 Å². The molecule has 0 aromatic rings. The quantitative estimate of drug-likeness (QED) is 0.788. The molecular weight excluding hydrogens is 278 g/mol. The minimum Gasteiger partial charge on any atom is -0.350 e. The normalized spacial score (nSPS) is 31.3. The second-order valence-electron chi connectivity index (χ2n) is 6.12. The van der Waals surface area contributed by atoms with E-state index in [1.54, 1.807) is 0 Å². The summed E-state index contributed by atoms with van der Waals surface area (Å²) in [6.07, 6.45) is 4.66. The Hall–Kier alpha value is -0.0500. The number of hydrogen-bond donors (Lipinski definition) is 1. The maximum absolute atomic E-state index is 12.2. The first-order valence-electron chi connectivity index (χ1n) is 6.78. The highest BCUT2D eigenvalue weighted by Crippen LogP contribution is 2.33. The van der Waals surface area contributed by atoms with Crippen molar-refractivity contribution >= 4 is 21.8 Å². The first-order chi connectivity index (χ1) is 7.90. The zero-order valence-corrected chi connectivity index (χ0v) is 13.1. The predicted octanol–water partition coefficient (Wildman–Crippen LogP) is 3.74. The van der Waals surface area contributed by atoms with E-state index in [9.17, 15) is 4.79 Å². The Morgan fingerprint density at radius 2 is 1.88 bits per heavy atom. The molecule has 0 saturated heterocycles. The summed E-state index contributed by atoms with van der Waals surface area (Å²) in [6, 6.07) is 0. The van der Waals surface area contributed by atoms with Crippen LogP contribution in [0, 0.1) is 17.8 Å². The van der Waals surface area contributed by atoms with Gasteiger partial charge < -0.3 is 5.32 Å². The molecule has 3 heteroatoms. The molecule has 0 aromatic heterocycles. The highest BCUT2D eigenvalue weighted by molar-refractivity contribution is 9.09. The van der Waals surface area contributed by atoms with Crippen LogP contribution in [0.2, 0.25) is 0 Å². The summed E-state index contributed by atoms with van der Waals surface area (Å²) < 4.78 is 0. The number of hydrogen-bond acceptors (Lipinski definition) is 1. The van der Waals surface area contributed by atoms with Crippen molar-refractivity contribution in [3.8, 4) is 0 Å². The molecule has 0 radical (unpaired) electrons. The number of nitrogens with one attached hydrogen (secondary N) is 1. The molecule has 0 aliphatic heterocycles. The molecule has 100 valence electrons. The minimum atomic E-state index is 0.00669. The van der Waals surface area contributed by atoms with Crippen molar-refractivity contribution in [1.82, 2.24) is 5.32 Å². The van der Waals surface area contributed by atoms with E-state index < -0.39 is 0 Å². The molecule has 1 fully saturated rings. The third-order valence-electron chi connectivity index (χ3n) is 4.29. The molecule has 1 amide bonds. The van der Waals surface area contributed by atoms with Crippen LogP contribution in [0.3, 0.4) is 0 Å². The highest BCUT2D eigenvalue weighted by Gasteiger charge is 2.35. The Morgan fingerprint density at radius 1 is 1.35 bits per heavy atom. The Balaban J connectivity index is 2.60. The van der Waals surface area contributed by atoms with Crippen molar-refractivity contribution in [3.63, 3.8) is 0 Å². The molecule has 1 aliphatic carbocycles. The molecular formula is C14H26BrNO. The molecule has 0 bridgehead atoms. The minimum absolute atomic E-state index is 0.00669. The van der Waals surface area contributed by atoms with Crippen LogP contribution in [0.5, 0.6) is 0 Å². The third-order valence-corrected chi connectivity index (χ3v) is 5.36. The summed E-state index contributed by atoms with van der Waals surface area (Å²) in [6.45, 7) is 8.53. The SMILES string of the molecule is CC1CCC(CBr)(NC(=O)C(C)C(C)C)CC1. The molecule has 1 N–H and O–H groups in total. The largest absolute Gasteiger partial charge is 0.350 e. The van der Waals surface area contributed by atoms with Gasteiger partial charge in [0, 0.05) is 16.8 Å². The van der Waals surface area contributed by atoms with E-state index in [0.29, 0.717) is 5.92 Å². The number of rotatable bonds is 4. The lowest BCUT2D eigenvalue weighted by atomic mass is 9.78. The van der Waals surface area contributed by atoms with Gasteiger partial charge >= 0.3 is 0 Å². The lowest BCUT2D eigenvalue weighted by Gasteiger charge is -2.40. The monoisotopic (exact) mass is 303 g/mol. The van der Waals surface area contributed by atoms with Gasteiger partial charge in [-0.15, -0.1) is 0 Å². The lowest BCUT2D eigenvalue weighted by molar-refractivity contribution is -0.127. The Morgan fingerprint density at radius 3 is 2.29 bits per heavy atom. The summed E-state index contributed by atoms with van der Waals surface area (Å²) in [5, 5.41) is 4.18. The average molecular weight is 304 g/mol. The summed E-state index contributed by atoms with van der Waals surface area (Å²) in [7, 11) is 0. The number of carbonyl (C=O) groups is 1. The Labute approximate surface area is 114 Å². The molecule has 1 aliphatic rings. The van der Waals surface area contributed by atoms with Gasteiger partial charge in [-0.1, -0.05) is 43.6 Å². The van der Waals surface area contributed by atoms with Gasteiger partial charge in [0.05, 0.1) is 0 Å². The van der Waals surface area contributed by atoms with Crippen molar-refractivity contribution in [2.24, 2.45) is 17.8 Å². The van der Waals surface area contributed by atoms with E-state index in [4.69, 9.17) is 0 Å². The fourth-order valence-corrected chi connectivity index (χ4v) is 2.99. The van der Waals surface area contributed by atoms with E-state index in [0.717, 1.165) is 24.1 Å². The molecule has 1 atom stereocenters. The number of halogens is 1. The number of alkyl halides is 1. The molecule has 1 saturated carbocycles. The van der Waals surface area contributed by atoms with E-state index in [1.165, 1.54) is 12.8 Å². The van der Waals surface area contributed by atoms with Crippen LogP contribution in [0.4, 0.5) is 0 Å². The van der Waals surface area contributed by atoms with Gasteiger partial charge in [-0.2, -0.15) is 0 Å². The predicted molar refractivity (Wildman–Crippen MR) is 76.3 cm³/mol. The van der Waals surface area contributed by atoms with Crippen molar-refractivity contribution in [2.45, 2.75) is 58.9 Å². The second-order valence-corrected chi connectivity index (χ2v) is 6.68. The Bertz CT molecular complexity index is 257. The zero-order chi connectivity index (χ0) is 13.1. The topological polar surface area (TPSA) is 29.1 Å². The molecule has 0 aromatic carbocycles. The van der Waals surface area contributed by atoms with Crippen LogP contribution in [0.1, 0.15) is 53.4 Å². The van der Waals surface area contributed by atoms with Crippen molar-refractivity contribution < 1.29 is 4.79 Å². The molecule has 0 heterocycles. The second kappa shape index (κ2) is 6.21. The lowest BCUT2D eigenvalue weighted by Crippen LogP contribution is -2.53. The number of amides is 1. The summed E-state index contributed by atoms with van der Waals surface area (Å²) >= 11 is 3.59. The molecule has 17 heavy (non-hydrogen) atoms. The van der Waals surface area contributed by atoms with E-state index in [-0.39, 0.29) is 17.4 Å². The van der Waals surface area contributed by atoms with Gasteiger partial charge in [0.2, 0.25) is 5.91 Å². The van der Waals surface area contributed by atoms with Crippen LogP contribution in [0.25, 0.3) is 0 Å². The molecule has 1 rings (SSSR count). The van der Waals surface area contributed by atoms with E-state index in [2.05, 4.69) is 42.0 Å². The molecule has 2 nitrogen and oxygen atoms in total. The van der Waals surface area contributed by atoms with Crippen molar-refractivity contribution in [2.75, 3.05) is 5.33 Å². The van der Waals surface area contributed by atoms with E-state index >= 15 is 0 Å². The molecule has 0 spiro atoms. The fourth-order valence-electron chi connectivity index (χ4n) is 2.28. The summed E-state index contributed by atoms with van der Waals surface area (Å²) in [5.41, 5.74) is 0.00669. The zero-order valence-electron chi connectivity index (χ0n) is 11.6. The van der Waals surface area contributed by atoms with Crippen LogP contribution in [-0.2, 0) is 4.79 Å².